The number of carboxylic acids is 1. The molecule has 0 aromatic heterocycles. The van der Waals surface area contributed by atoms with E-state index in [9.17, 15) is 4.79 Å². The van der Waals surface area contributed by atoms with Crippen LogP contribution in [0.2, 0.25) is 0 Å². The van der Waals surface area contributed by atoms with E-state index in [1.54, 1.807) is 6.92 Å². The Bertz CT molecular complexity index is 314. The topological polar surface area (TPSA) is 49.3 Å². The summed E-state index contributed by atoms with van der Waals surface area (Å²) in [4.78, 5) is 10.5. The number of carbonyl (C=O) groups is 1. The molecule has 0 aliphatic heterocycles. The van der Waals surface area contributed by atoms with Crippen molar-refractivity contribution < 1.29 is 9.90 Å². The van der Waals surface area contributed by atoms with Crippen LogP contribution >= 0.6 is 15.9 Å². The van der Waals surface area contributed by atoms with E-state index in [1.807, 2.05) is 24.3 Å². The summed E-state index contributed by atoms with van der Waals surface area (Å²) in [5.41, 5.74) is 0.796. The lowest BCUT2D eigenvalue weighted by Gasteiger charge is -2.10. The molecule has 0 fully saturated rings. The molecule has 0 amide bonds. The number of anilines is 1. The third-order valence-corrected chi connectivity index (χ3v) is 2.07. The zero-order valence-corrected chi connectivity index (χ0v) is 8.71. The second kappa shape index (κ2) is 4.28. The van der Waals surface area contributed by atoms with Crippen LogP contribution in [-0.4, -0.2) is 17.1 Å². The number of aliphatic carboxylic acids is 1. The second-order valence-corrected chi connectivity index (χ2v) is 3.63. The maximum Gasteiger partial charge on any atom is 0.325 e. The Kier molecular flexibility index (Phi) is 3.31. The maximum absolute atomic E-state index is 10.5. The molecule has 0 spiro atoms. The van der Waals surface area contributed by atoms with Gasteiger partial charge in [0.1, 0.15) is 6.04 Å². The average molecular weight is 244 g/mol. The van der Waals surface area contributed by atoms with Crippen LogP contribution < -0.4 is 5.32 Å². The Labute approximate surface area is 84.9 Å². The first-order valence-corrected chi connectivity index (χ1v) is 4.64. The standard InChI is InChI=1S/C9H10BrNO2/c1-6(9(12)13)11-8-4-2-3-7(10)5-8/h2-6,11H,1H3,(H,12,13)/t6-/m0/s1. The molecule has 0 heterocycles. The molecule has 0 bridgehead atoms. The maximum atomic E-state index is 10.5. The second-order valence-electron chi connectivity index (χ2n) is 2.71. The van der Waals surface area contributed by atoms with Crippen molar-refractivity contribution in [1.29, 1.82) is 0 Å². The smallest absolute Gasteiger partial charge is 0.325 e. The number of rotatable bonds is 3. The monoisotopic (exact) mass is 243 g/mol. The van der Waals surface area contributed by atoms with Crippen molar-refractivity contribution in [3.63, 3.8) is 0 Å². The average Bonchev–Trinajstić information content (AvgIpc) is 2.04. The van der Waals surface area contributed by atoms with Gasteiger partial charge in [0.2, 0.25) is 0 Å². The summed E-state index contributed by atoms with van der Waals surface area (Å²) >= 11 is 3.30. The van der Waals surface area contributed by atoms with E-state index in [0.717, 1.165) is 10.2 Å². The highest BCUT2D eigenvalue weighted by atomic mass is 79.9. The highest BCUT2D eigenvalue weighted by molar-refractivity contribution is 9.10. The van der Waals surface area contributed by atoms with Gasteiger partial charge in [-0.25, -0.2) is 0 Å². The first-order valence-electron chi connectivity index (χ1n) is 3.84. The van der Waals surface area contributed by atoms with Gasteiger partial charge < -0.3 is 10.4 Å². The highest BCUT2D eigenvalue weighted by Crippen LogP contribution is 2.16. The molecule has 1 rings (SSSR count). The minimum atomic E-state index is -0.861. The molecule has 4 heteroatoms. The van der Waals surface area contributed by atoms with Crippen molar-refractivity contribution in [1.82, 2.24) is 0 Å². The van der Waals surface area contributed by atoms with Gasteiger partial charge in [-0.1, -0.05) is 22.0 Å². The molecular weight excluding hydrogens is 234 g/mol. The highest BCUT2D eigenvalue weighted by Gasteiger charge is 2.09. The van der Waals surface area contributed by atoms with Crippen molar-refractivity contribution in [2.45, 2.75) is 13.0 Å². The third-order valence-electron chi connectivity index (χ3n) is 1.58. The van der Waals surface area contributed by atoms with E-state index in [2.05, 4.69) is 21.2 Å². The lowest BCUT2D eigenvalue weighted by molar-refractivity contribution is -0.137. The fourth-order valence-electron chi connectivity index (χ4n) is 0.890. The van der Waals surface area contributed by atoms with Crippen LogP contribution in [0.3, 0.4) is 0 Å². The van der Waals surface area contributed by atoms with E-state index in [0.29, 0.717) is 0 Å². The molecule has 2 N–H and O–H groups in total. The van der Waals surface area contributed by atoms with Gasteiger partial charge in [-0.05, 0) is 25.1 Å². The minimum Gasteiger partial charge on any atom is -0.480 e. The van der Waals surface area contributed by atoms with E-state index in [1.165, 1.54) is 0 Å². The summed E-state index contributed by atoms with van der Waals surface area (Å²) in [7, 11) is 0. The van der Waals surface area contributed by atoms with Gasteiger partial charge in [0.05, 0.1) is 0 Å². The molecular formula is C9H10BrNO2. The van der Waals surface area contributed by atoms with Gasteiger partial charge in [-0.3, -0.25) is 4.79 Å². The first kappa shape index (κ1) is 10.1. The lowest BCUT2D eigenvalue weighted by Crippen LogP contribution is -2.25. The molecule has 0 aliphatic carbocycles. The largest absolute Gasteiger partial charge is 0.480 e. The van der Waals surface area contributed by atoms with Crippen molar-refractivity contribution in [2.24, 2.45) is 0 Å². The zero-order chi connectivity index (χ0) is 9.84. The molecule has 0 aliphatic rings. The number of nitrogens with one attached hydrogen (secondary N) is 1. The van der Waals surface area contributed by atoms with Crippen LogP contribution in [0.4, 0.5) is 5.69 Å². The SMILES string of the molecule is C[C@H](Nc1cccc(Br)c1)C(=O)O. The van der Waals surface area contributed by atoms with Crippen molar-refractivity contribution >= 4 is 27.6 Å². The summed E-state index contributed by atoms with van der Waals surface area (Å²) in [6.07, 6.45) is 0. The van der Waals surface area contributed by atoms with Crippen LogP contribution in [0.1, 0.15) is 6.92 Å². The zero-order valence-electron chi connectivity index (χ0n) is 7.12. The summed E-state index contributed by atoms with van der Waals surface area (Å²) in [5.74, 6) is -0.861. The van der Waals surface area contributed by atoms with Gasteiger partial charge >= 0.3 is 5.97 Å². The number of benzene rings is 1. The van der Waals surface area contributed by atoms with Crippen LogP contribution in [0, 0.1) is 0 Å². The predicted octanol–water partition coefficient (Wildman–Crippen LogP) is 2.33. The van der Waals surface area contributed by atoms with E-state index < -0.39 is 12.0 Å². The third kappa shape index (κ3) is 3.06. The van der Waals surface area contributed by atoms with Crippen LogP contribution in [0.25, 0.3) is 0 Å². The number of hydrogen-bond donors (Lipinski definition) is 2. The summed E-state index contributed by atoms with van der Waals surface area (Å²) in [5, 5.41) is 11.5. The predicted molar refractivity (Wildman–Crippen MR) is 54.9 cm³/mol. The van der Waals surface area contributed by atoms with Crippen molar-refractivity contribution in [2.75, 3.05) is 5.32 Å². The summed E-state index contributed by atoms with van der Waals surface area (Å²) in [6.45, 7) is 1.60. The van der Waals surface area contributed by atoms with E-state index >= 15 is 0 Å². The summed E-state index contributed by atoms with van der Waals surface area (Å²) in [6, 6.07) is 6.82. The summed E-state index contributed by atoms with van der Waals surface area (Å²) < 4.78 is 0.926. The van der Waals surface area contributed by atoms with Crippen molar-refractivity contribution in [3.05, 3.63) is 28.7 Å². The fraction of sp³-hybridized carbons (Fsp3) is 0.222. The van der Waals surface area contributed by atoms with Gasteiger partial charge in [0.15, 0.2) is 0 Å². The molecule has 1 aromatic carbocycles. The van der Waals surface area contributed by atoms with E-state index in [4.69, 9.17) is 5.11 Å². The Morgan fingerprint density at radius 2 is 2.31 bits per heavy atom. The first-order chi connectivity index (χ1) is 6.09. The Balaban J connectivity index is 2.69. The molecule has 0 unspecified atom stereocenters. The normalized spacial score (nSPS) is 12.2. The van der Waals surface area contributed by atoms with Gasteiger partial charge in [-0.2, -0.15) is 0 Å². The molecule has 0 saturated carbocycles. The fourth-order valence-corrected chi connectivity index (χ4v) is 1.29. The Morgan fingerprint density at radius 1 is 1.62 bits per heavy atom. The quantitative estimate of drug-likeness (QED) is 0.857. The van der Waals surface area contributed by atoms with Gasteiger partial charge in [0.25, 0.3) is 0 Å². The number of hydrogen-bond acceptors (Lipinski definition) is 2. The molecule has 1 atom stereocenters. The van der Waals surface area contributed by atoms with Crippen LogP contribution in [0.5, 0.6) is 0 Å². The van der Waals surface area contributed by atoms with Gasteiger partial charge in [-0.15, -0.1) is 0 Å². The lowest BCUT2D eigenvalue weighted by atomic mass is 10.3. The molecule has 70 valence electrons. The van der Waals surface area contributed by atoms with Crippen LogP contribution in [-0.2, 0) is 4.79 Å². The van der Waals surface area contributed by atoms with Crippen LogP contribution in [0.15, 0.2) is 28.7 Å². The number of halogens is 1. The molecule has 0 saturated heterocycles. The molecule has 13 heavy (non-hydrogen) atoms. The minimum absolute atomic E-state index is 0.575. The van der Waals surface area contributed by atoms with E-state index in [-0.39, 0.29) is 0 Å². The van der Waals surface area contributed by atoms with Crippen molar-refractivity contribution in [3.8, 4) is 0 Å². The Hall–Kier alpha value is -1.03. The molecule has 3 nitrogen and oxygen atoms in total. The molecule has 0 radical (unpaired) electrons. The van der Waals surface area contributed by atoms with Gasteiger partial charge in [0, 0.05) is 10.2 Å². The Morgan fingerprint density at radius 3 is 2.85 bits per heavy atom. The molecule has 1 aromatic rings. The number of carboxylic acid groups (broad SMARTS) is 1.